The number of rotatable bonds is 6. The molecular formula is C24H21NO5. The van der Waals surface area contributed by atoms with Crippen molar-refractivity contribution in [2.45, 2.75) is 12.8 Å². The molecule has 1 fully saturated rings. The van der Waals surface area contributed by atoms with Gasteiger partial charge < -0.3 is 4.74 Å². The predicted octanol–water partition coefficient (Wildman–Crippen LogP) is 3.03. The van der Waals surface area contributed by atoms with Crippen molar-refractivity contribution in [1.29, 1.82) is 0 Å². The Morgan fingerprint density at radius 3 is 2.00 bits per heavy atom. The first-order chi connectivity index (χ1) is 14.5. The van der Waals surface area contributed by atoms with Crippen molar-refractivity contribution in [1.82, 2.24) is 4.90 Å². The van der Waals surface area contributed by atoms with E-state index in [1.54, 1.807) is 12.1 Å². The number of carbonyl (C=O) groups is 4. The summed E-state index contributed by atoms with van der Waals surface area (Å²) in [5, 5.41) is 0. The van der Waals surface area contributed by atoms with Gasteiger partial charge in [0.1, 0.15) is 6.54 Å². The minimum absolute atomic E-state index is 0.339. The smallest absolute Gasteiger partial charge is 0.326 e. The molecule has 0 radical (unpaired) electrons. The fraction of sp³-hybridized carbons (Fsp3) is 0.250. The molecule has 2 aliphatic rings. The number of imide groups is 1. The van der Waals surface area contributed by atoms with E-state index in [9.17, 15) is 19.2 Å². The second-order valence-electron chi connectivity index (χ2n) is 7.45. The van der Waals surface area contributed by atoms with E-state index in [0.29, 0.717) is 18.4 Å². The van der Waals surface area contributed by atoms with Crippen LogP contribution < -0.4 is 0 Å². The second-order valence-corrected chi connectivity index (χ2v) is 7.45. The van der Waals surface area contributed by atoms with Crippen LogP contribution in [0.1, 0.15) is 23.2 Å². The van der Waals surface area contributed by atoms with Crippen molar-refractivity contribution in [3.8, 4) is 11.1 Å². The molecule has 0 spiro atoms. The quantitative estimate of drug-likeness (QED) is 0.321. The summed E-state index contributed by atoms with van der Waals surface area (Å²) in [6.07, 6.45) is 4.79. The zero-order valence-electron chi connectivity index (χ0n) is 16.3. The summed E-state index contributed by atoms with van der Waals surface area (Å²) in [4.78, 5) is 50.2. The molecule has 0 saturated carbocycles. The Labute approximate surface area is 174 Å². The molecule has 6 nitrogen and oxygen atoms in total. The third-order valence-electron chi connectivity index (χ3n) is 5.56. The van der Waals surface area contributed by atoms with Crippen LogP contribution in [0.3, 0.4) is 0 Å². The van der Waals surface area contributed by atoms with E-state index < -0.39 is 19.1 Å². The Morgan fingerprint density at radius 2 is 1.40 bits per heavy atom. The molecule has 2 aromatic carbocycles. The summed E-state index contributed by atoms with van der Waals surface area (Å²) in [6.45, 7) is -0.890. The van der Waals surface area contributed by atoms with Gasteiger partial charge in [-0.1, -0.05) is 66.7 Å². The van der Waals surface area contributed by atoms with Gasteiger partial charge in [0, 0.05) is 5.56 Å². The molecular weight excluding hydrogens is 382 g/mol. The van der Waals surface area contributed by atoms with Crippen LogP contribution >= 0.6 is 0 Å². The molecule has 0 aromatic heterocycles. The summed E-state index contributed by atoms with van der Waals surface area (Å²) < 4.78 is 5.03. The number of nitrogens with zero attached hydrogens (tertiary/aromatic N) is 1. The van der Waals surface area contributed by atoms with Crippen LogP contribution in [0.15, 0.2) is 66.7 Å². The Morgan fingerprint density at radius 1 is 0.833 bits per heavy atom. The molecule has 6 heteroatoms. The number of fused-ring (bicyclic) bond motifs is 1. The highest BCUT2D eigenvalue weighted by molar-refractivity contribution is 6.07. The lowest BCUT2D eigenvalue weighted by Gasteiger charge is -2.14. The Kier molecular flexibility index (Phi) is 5.57. The van der Waals surface area contributed by atoms with E-state index in [1.807, 2.05) is 54.6 Å². The van der Waals surface area contributed by atoms with Crippen LogP contribution in [0, 0.1) is 11.8 Å². The highest BCUT2D eigenvalue weighted by Crippen LogP contribution is 2.34. The first-order valence-corrected chi connectivity index (χ1v) is 9.89. The lowest BCUT2D eigenvalue weighted by Crippen LogP contribution is -2.37. The zero-order chi connectivity index (χ0) is 21.1. The standard InChI is InChI=1S/C24H21NO5/c26-21(18-12-10-17(11-13-18)16-6-2-1-3-7-16)15-30-22(27)14-25-23(28)19-8-4-5-9-20(19)24(25)29/h1-7,10-13,19-20H,8-9,14-15H2/t19-,20-/m0/s1. The lowest BCUT2D eigenvalue weighted by molar-refractivity contribution is -0.152. The minimum Gasteiger partial charge on any atom is -0.456 e. The van der Waals surface area contributed by atoms with Gasteiger partial charge >= 0.3 is 5.97 Å². The molecule has 0 unspecified atom stereocenters. The first kappa shape index (κ1) is 19.8. The van der Waals surface area contributed by atoms with Crippen molar-refractivity contribution in [2.75, 3.05) is 13.2 Å². The summed E-state index contributed by atoms with van der Waals surface area (Å²) in [5.41, 5.74) is 2.44. The number of esters is 1. The first-order valence-electron chi connectivity index (χ1n) is 9.89. The third kappa shape index (κ3) is 3.94. The van der Waals surface area contributed by atoms with E-state index in [1.165, 1.54) is 0 Å². The number of ether oxygens (including phenoxy) is 1. The highest BCUT2D eigenvalue weighted by atomic mass is 16.5. The number of amides is 2. The van der Waals surface area contributed by atoms with Gasteiger partial charge in [-0.15, -0.1) is 0 Å². The second kappa shape index (κ2) is 8.45. The van der Waals surface area contributed by atoms with Crippen LogP contribution in [-0.2, 0) is 19.1 Å². The SMILES string of the molecule is O=C(CN1C(=O)[C@H]2CC=CC[C@@H]2C1=O)OCC(=O)c1ccc(-c2ccccc2)cc1. The number of hydrogen-bond acceptors (Lipinski definition) is 5. The Balaban J connectivity index is 1.31. The van der Waals surface area contributed by atoms with Gasteiger partial charge in [0.15, 0.2) is 12.4 Å². The molecule has 152 valence electrons. The third-order valence-corrected chi connectivity index (χ3v) is 5.56. The number of Topliss-reactive ketones (excluding diaryl/α,β-unsaturated/α-hetero) is 1. The molecule has 2 aromatic rings. The molecule has 0 bridgehead atoms. The molecule has 1 aliphatic carbocycles. The summed E-state index contributed by atoms with van der Waals surface area (Å²) in [7, 11) is 0. The van der Waals surface area contributed by atoms with E-state index in [0.717, 1.165) is 16.0 Å². The van der Waals surface area contributed by atoms with Crippen LogP contribution in [0.2, 0.25) is 0 Å². The fourth-order valence-electron chi connectivity index (χ4n) is 3.91. The van der Waals surface area contributed by atoms with Crippen molar-refractivity contribution in [3.63, 3.8) is 0 Å². The van der Waals surface area contributed by atoms with Gasteiger partial charge in [-0.25, -0.2) is 0 Å². The maximum absolute atomic E-state index is 12.4. The van der Waals surface area contributed by atoms with E-state index in [2.05, 4.69) is 0 Å². The molecule has 4 rings (SSSR count). The fourth-order valence-corrected chi connectivity index (χ4v) is 3.91. The van der Waals surface area contributed by atoms with Crippen molar-refractivity contribution >= 4 is 23.6 Å². The summed E-state index contributed by atoms with van der Waals surface area (Å²) >= 11 is 0. The van der Waals surface area contributed by atoms with Gasteiger partial charge in [0.2, 0.25) is 11.8 Å². The van der Waals surface area contributed by atoms with Crippen LogP contribution in [-0.4, -0.2) is 41.6 Å². The average molecular weight is 403 g/mol. The van der Waals surface area contributed by atoms with Crippen LogP contribution in [0.25, 0.3) is 11.1 Å². The highest BCUT2D eigenvalue weighted by Gasteiger charge is 2.47. The van der Waals surface area contributed by atoms with Crippen molar-refractivity contribution in [2.24, 2.45) is 11.8 Å². The number of carbonyl (C=O) groups excluding carboxylic acids is 4. The normalized spacial score (nSPS) is 20.2. The lowest BCUT2D eigenvalue weighted by atomic mass is 9.85. The van der Waals surface area contributed by atoms with E-state index in [4.69, 9.17) is 4.74 Å². The van der Waals surface area contributed by atoms with E-state index >= 15 is 0 Å². The van der Waals surface area contributed by atoms with Gasteiger partial charge in [0.05, 0.1) is 11.8 Å². The summed E-state index contributed by atoms with van der Waals surface area (Å²) in [5.74, 6) is -2.57. The van der Waals surface area contributed by atoms with Gasteiger partial charge in [-0.3, -0.25) is 24.1 Å². The minimum atomic E-state index is -0.766. The van der Waals surface area contributed by atoms with Crippen molar-refractivity contribution in [3.05, 3.63) is 72.3 Å². The maximum atomic E-state index is 12.4. The maximum Gasteiger partial charge on any atom is 0.326 e. The van der Waals surface area contributed by atoms with Gasteiger partial charge in [-0.05, 0) is 24.0 Å². The topological polar surface area (TPSA) is 80.8 Å². The summed E-state index contributed by atoms with van der Waals surface area (Å²) in [6, 6.07) is 16.8. The van der Waals surface area contributed by atoms with Gasteiger partial charge in [-0.2, -0.15) is 0 Å². The van der Waals surface area contributed by atoms with E-state index in [-0.39, 0.29) is 29.4 Å². The number of likely N-dealkylation sites (tertiary alicyclic amines) is 1. The number of allylic oxidation sites excluding steroid dienone is 2. The average Bonchev–Trinajstić information content (AvgIpc) is 3.03. The van der Waals surface area contributed by atoms with Gasteiger partial charge in [0.25, 0.3) is 0 Å². The molecule has 2 amide bonds. The largest absolute Gasteiger partial charge is 0.456 e. The Hall–Kier alpha value is -3.54. The van der Waals surface area contributed by atoms with Crippen LogP contribution in [0.4, 0.5) is 0 Å². The Bertz CT molecular complexity index is 984. The number of hydrogen-bond donors (Lipinski definition) is 0. The molecule has 30 heavy (non-hydrogen) atoms. The monoisotopic (exact) mass is 403 g/mol. The number of benzene rings is 2. The predicted molar refractivity (Wildman–Crippen MR) is 109 cm³/mol. The molecule has 1 aliphatic heterocycles. The van der Waals surface area contributed by atoms with Crippen molar-refractivity contribution < 1.29 is 23.9 Å². The zero-order valence-corrected chi connectivity index (χ0v) is 16.3. The number of ketones is 1. The molecule has 0 N–H and O–H groups in total. The molecule has 1 heterocycles. The molecule has 2 atom stereocenters. The molecule has 1 saturated heterocycles. The van der Waals surface area contributed by atoms with Crippen LogP contribution in [0.5, 0.6) is 0 Å².